The zero-order valence-corrected chi connectivity index (χ0v) is 8.19. The molecule has 1 saturated carbocycles. The molecule has 84 valence electrons. The van der Waals surface area contributed by atoms with Crippen molar-refractivity contribution >= 4 is 0 Å². The van der Waals surface area contributed by atoms with Crippen molar-refractivity contribution in [3.05, 3.63) is 0 Å². The Morgan fingerprint density at radius 3 is 2.21 bits per heavy atom. The van der Waals surface area contributed by atoms with Crippen LogP contribution in [0.2, 0.25) is 0 Å². The molecule has 0 spiro atoms. The lowest BCUT2D eigenvalue weighted by molar-refractivity contribution is -0.270. The maximum absolute atomic E-state index is 12.4. The van der Waals surface area contributed by atoms with E-state index in [-0.39, 0.29) is 18.9 Å². The van der Waals surface area contributed by atoms with Crippen molar-refractivity contribution in [1.29, 1.82) is 0 Å². The molecule has 14 heavy (non-hydrogen) atoms. The highest BCUT2D eigenvalue weighted by atomic mass is 19.4. The zero-order chi connectivity index (χ0) is 10.8. The molecular formula is C9H16F3NO. The molecule has 2 N–H and O–H groups in total. The van der Waals surface area contributed by atoms with Gasteiger partial charge in [-0.15, -0.1) is 0 Å². The lowest BCUT2D eigenvalue weighted by atomic mass is 9.81. The van der Waals surface area contributed by atoms with E-state index in [0.29, 0.717) is 12.8 Å². The lowest BCUT2D eigenvalue weighted by Gasteiger charge is -2.37. The van der Waals surface area contributed by atoms with Crippen LogP contribution in [0.25, 0.3) is 0 Å². The van der Waals surface area contributed by atoms with Gasteiger partial charge in [0, 0.05) is 6.04 Å². The van der Waals surface area contributed by atoms with Crippen molar-refractivity contribution in [2.24, 2.45) is 0 Å². The van der Waals surface area contributed by atoms with Gasteiger partial charge < -0.3 is 10.4 Å². The summed E-state index contributed by atoms with van der Waals surface area (Å²) in [6.07, 6.45) is -4.07. The first-order valence-electron chi connectivity index (χ1n) is 4.91. The highest BCUT2D eigenvalue weighted by Crippen LogP contribution is 2.41. The van der Waals surface area contributed by atoms with Gasteiger partial charge in [0.1, 0.15) is 0 Å². The highest BCUT2D eigenvalue weighted by Gasteiger charge is 2.54. The molecule has 2 nitrogen and oxygen atoms in total. The summed E-state index contributed by atoms with van der Waals surface area (Å²) in [6, 6.07) is 0.127. The molecule has 5 heteroatoms. The molecule has 0 heterocycles. The number of nitrogens with one attached hydrogen (secondary N) is 1. The van der Waals surface area contributed by atoms with Gasteiger partial charge in [0.05, 0.1) is 0 Å². The van der Waals surface area contributed by atoms with Crippen LogP contribution in [0.3, 0.4) is 0 Å². The maximum Gasteiger partial charge on any atom is 0.417 e. The standard InChI is InChI=1S/C9H16F3NO/c1-2-13-7-3-5-8(14,6-4-7)9(10,11)12/h7,13-14H,2-6H2,1H3/t7-,8-. The van der Waals surface area contributed by atoms with E-state index >= 15 is 0 Å². The minimum atomic E-state index is -4.48. The Kier molecular flexibility index (Phi) is 3.42. The lowest BCUT2D eigenvalue weighted by Crippen LogP contribution is -2.50. The summed E-state index contributed by atoms with van der Waals surface area (Å²) < 4.78 is 37.1. The number of hydrogen-bond donors (Lipinski definition) is 2. The van der Waals surface area contributed by atoms with Crippen LogP contribution in [0.15, 0.2) is 0 Å². The first-order chi connectivity index (χ1) is 6.39. The van der Waals surface area contributed by atoms with E-state index in [9.17, 15) is 18.3 Å². The van der Waals surface area contributed by atoms with Crippen molar-refractivity contribution < 1.29 is 18.3 Å². The van der Waals surface area contributed by atoms with E-state index in [2.05, 4.69) is 5.32 Å². The van der Waals surface area contributed by atoms with Gasteiger partial charge in [-0.25, -0.2) is 0 Å². The van der Waals surface area contributed by atoms with Gasteiger partial charge in [0.25, 0.3) is 0 Å². The fraction of sp³-hybridized carbons (Fsp3) is 1.00. The van der Waals surface area contributed by atoms with Gasteiger partial charge in [-0.1, -0.05) is 6.92 Å². The Morgan fingerprint density at radius 2 is 1.86 bits per heavy atom. The molecule has 0 unspecified atom stereocenters. The Labute approximate surface area is 81.5 Å². The Bertz CT molecular complexity index is 185. The van der Waals surface area contributed by atoms with Gasteiger partial charge in [0.15, 0.2) is 5.60 Å². The number of aliphatic hydroxyl groups is 1. The minimum absolute atomic E-state index is 0.127. The van der Waals surface area contributed by atoms with Crippen LogP contribution in [-0.2, 0) is 0 Å². The third-order valence-corrected chi connectivity index (χ3v) is 2.83. The van der Waals surface area contributed by atoms with Crippen LogP contribution in [0, 0.1) is 0 Å². The highest BCUT2D eigenvalue weighted by molar-refractivity contribution is 4.93. The van der Waals surface area contributed by atoms with Crippen molar-refractivity contribution in [2.45, 2.75) is 50.4 Å². The first-order valence-corrected chi connectivity index (χ1v) is 4.91. The first kappa shape index (κ1) is 11.8. The van der Waals surface area contributed by atoms with Crippen LogP contribution < -0.4 is 5.32 Å². The molecular weight excluding hydrogens is 195 g/mol. The summed E-state index contributed by atoms with van der Waals surface area (Å²) in [5, 5.41) is 12.4. The largest absolute Gasteiger partial charge is 0.417 e. The molecule has 0 radical (unpaired) electrons. The predicted molar refractivity (Wildman–Crippen MR) is 46.9 cm³/mol. The normalized spacial score (nSPS) is 34.5. The van der Waals surface area contributed by atoms with Gasteiger partial charge in [-0.05, 0) is 32.2 Å². The van der Waals surface area contributed by atoms with E-state index in [4.69, 9.17) is 0 Å². The number of hydrogen-bond acceptors (Lipinski definition) is 2. The van der Waals surface area contributed by atoms with Crippen LogP contribution in [0.4, 0.5) is 13.2 Å². The van der Waals surface area contributed by atoms with E-state index in [1.165, 1.54) is 0 Å². The SMILES string of the molecule is CCN[C@H]1CC[C@@](O)(C(F)(F)F)CC1. The molecule has 0 aromatic rings. The van der Waals surface area contributed by atoms with Crippen molar-refractivity contribution in [2.75, 3.05) is 6.54 Å². The molecule has 1 aliphatic carbocycles. The molecule has 0 aromatic carbocycles. The molecule has 0 aliphatic heterocycles. The van der Waals surface area contributed by atoms with Gasteiger partial charge in [-0.2, -0.15) is 13.2 Å². The second kappa shape index (κ2) is 4.06. The van der Waals surface area contributed by atoms with Gasteiger partial charge >= 0.3 is 6.18 Å². The fourth-order valence-corrected chi connectivity index (χ4v) is 1.87. The average molecular weight is 211 g/mol. The Morgan fingerprint density at radius 1 is 1.36 bits per heavy atom. The topological polar surface area (TPSA) is 32.3 Å². The quantitative estimate of drug-likeness (QED) is 0.730. The van der Waals surface area contributed by atoms with Crippen LogP contribution >= 0.6 is 0 Å². The van der Waals surface area contributed by atoms with E-state index < -0.39 is 11.8 Å². The molecule has 1 rings (SSSR count). The smallest absolute Gasteiger partial charge is 0.380 e. The van der Waals surface area contributed by atoms with Crippen molar-refractivity contribution in [3.8, 4) is 0 Å². The van der Waals surface area contributed by atoms with E-state index in [1.54, 1.807) is 0 Å². The van der Waals surface area contributed by atoms with E-state index in [1.807, 2.05) is 6.92 Å². The second-order valence-corrected chi connectivity index (χ2v) is 3.86. The molecule has 0 bridgehead atoms. The van der Waals surface area contributed by atoms with E-state index in [0.717, 1.165) is 6.54 Å². The van der Waals surface area contributed by atoms with Crippen LogP contribution in [0.1, 0.15) is 32.6 Å². The number of alkyl halides is 3. The second-order valence-electron chi connectivity index (χ2n) is 3.86. The summed E-state index contributed by atoms with van der Waals surface area (Å²) in [4.78, 5) is 0. The van der Waals surface area contributed by atoms with Gasteiger partial charge in [0.2, 0.25) is 0 Å². The Balaban J connectivity index is 2.49. The van der Waals surface area contributed by atoms with Crippen LogP contribution in [-0.4, -0.2) is 29.5 Å². The molecule has 0 atom stereocenters. The maximum atomic E-state index is 12.4. The predicted octanol–water partition coefficient (Wildman–Crippen LogP) is 1.83. The molecule has 0 amide bonds. The number of halogens is 3. The van der Waals surface area contributed by atoms with Gasteiger partial charge in [-0.3, -0.25) is 0 Å². The van der Waals surface area contributed by atoms with Crippen molar-refractivity contribution in [3.63, 3.8) is 0 Å². The number of rotatable bonds is 2. The fourth-order valence-electron chi connectivity index (χ4n) is 1.87. The average Bonchev–Trinajstić information content (AvgIpc) is 2.08. The summed E-state index contributed by atoms with van der Waals surface area (Å²) in [6.45, 7) is 2.68. The van der Waals surface area contributed by atoms with Crippen molar-refractivity contribution in [1.82, 2.24) is 5.32 Å². The zero-order valence-electron chi connectivity index (χ0n) is 8.19. The summed E-state index contributed by atoms with van der Waals surface area (Å²) in [5.41, 5.74) is -2.45. The monoisotopic (exact) mass is 211 g/mol. The Hall–Kier alpha value is -0.290. The summed E-state index contributed by atoms with van der Waals surface area (Å²) in [5.74, 6) is 0. The third kappa shape index (κ3) is 2.39. The van der Waals surface area contributed by atoms with Crippen LogP contribution in [0.5, 0.6) is 0 Å². The molecule has 1 fully saturated rings. The minimum Gasteiger partial charge on any atom is -0.380 e. The molecule has 0 aromatic heterocycles. The third-order valence-electron chi connectivity index (χ3n) is 2.83. The summed E-state index contributed by atoms with van der Waals surface area (Å²) in [7, 11) is 0. The summed E-state index contributed by atoms with van der Waals surface area (Å²) >= 11 is 0. The molecule has 0 saturated heterocycles. The molecule has 1 aliphatic rings.